The molecule has 0 spiro atoms. The molecule has 1 fully saturated rings. The number of ether oxygens (including phenoxy) is 6. The van der Waals surface area contributed by atoms with E-state index in [-0.39, 0.29) is 36.5 Å². The number of hydrogen-bond acceptors (Lipinski definition) is 11. The zero-order valence-corrected chi connectivity index (χ0v) is 21.2. The van der Waals surface area contributed by atoms with Crippen molar-refractivity contribution in [2.75, 3.05) is 40.5 Å². The Kier molecular flexibility index (Phi) is 5.86. The van der Waals surface area contributed by atoms with Gasteiger partial charge in [0.2, 0.25) is 12.5 Å². The lowest BCUT2D eigenvalue weighted by Gasteiger charge is -2.38. The van der Waals surface area contributed by atoms with Crippen LogP contribution in [0.4, 0.5) is 5.82 Å². The number of cyclic esters (lactones) is 1. The van der Waals surface area contributed by atoms with E-state index in [1.165, 1.54) is 11.8 Å². The van der Waals surface area contributed by atoms with Gasteiger partial charge in [-0.05, 0) is 47.0 Å². The Labute approximate surface area is 217 Å². The van der Waals surface area contributed by atoms with Gasteiger partial charge in [-0.1, -0.05) is 11.8 Å². The van der Waals surface area contributed by atoms with Crippen LogP contribution >= 0.6 is 11.8 Å². The van der Waals surface area contributed by atoms with Crippen LogP contribution in [0.15, 0.2) is 41.7 Å². The van der Waals surface area contributed by atoms with Gasteiger partial charge in [0.15, 0.2) is 28.2 Å². The Morgan fingerprint density at radius 3 is 2.32 bits per heavy atom. The topological polar surface area (TPSA) is 124 Å². The first-order valence-corrected chi connectivity index (χ1v) is 12.6. The van der Waals surface area contributed by atoms with Gasteiger partial charge in [-0.3, -0.25) is 4.79 Å². The van der Waals surface area contributed by atoms with Gasteiger partial charge in [0.25, 0.3) is 0 Å². The molecule has 3 heterocycles. The number of rotatable bonds is 6. The maximum absolute atomic E-state index is 13.3. The van der Waals surface area contributed by atoms with E-state index in [1.807, 2.05) is 24.3 Å². The van der Waals surface area contributed by atoms with Gasteiger partial charge in [0.1, 0.15) is 5.82 Å². The summed E-state index contributed by atoms with van der Waals surface area (Å²) < 4.78 is 33.9. The number of nitrogens with two attached hydrogens (primary N) is 1. The first kappa shape index (κ1) is 23.5. The molecule has 3 aromatic rings. The number of hydrogen-bond donors (Lipinski definition) is 1. The fraction of sp³-hybridized carbons (Fsp3) is 0.346. The highest BCUT2D eigenvalue weighted by Gasteiger charge is 2.53. The first-order valence-electron chi connectivity index (χ1n) is 11.7. The SMILES string of the molecule is COc1cc([C@@H]2c3cc4c(cc3[C@@H](Sc3nccc(N)n3)[C@H]3COC(=O)[C@H]23)OCO4)cc(OC)c1OC. The molecule has 0 saturated carbocycles. The van der Waals surface area contributed by atoms with Crippen LogP contribution in [-0.2, 0) is 9.53 Å². The van der Waals surface area contributed by atoms with Gasteiger partial charge >= 0.3 is 5.97 Å². The summed E-state index contributed by atoms with van der Waals surface area (Å²) in [5.74, 6) is 1.93. The van der Waals surface area contributed by atoms with Gasteiger partial charge in [-0.2, -0.15) is 0 Å². The highest BCUT2D eigenvalue weighted by atomic mass is 32.2. The summed E-state index contributed by atoms with van der Waals surface area (Å²) in [6, 6.07) is 9.37. The van der Waals surface area contributed by atoms with Gasteiger partial charge in [-0.15, -0.1) is 0 Å². The van der Waals surface area contributed by atoms with Crippen molar-refractivity contribution >= 4 is 23.5 Å². The van der Waals surface area contributed by atoms with Gasteiger partial charge in [0.05, 0.1) is 33.9 Å². The van der Waals surface area contributed by atoms with Crippen molar-refractivity contribution in [1.82, 2.24) is 9.97 Å². The van der Waals surface area contributed by atoms with Crippen molar-refractivity contribution in [3.05, 3.63) is 53.2 Å². The number of aromatic nitrogens is 2. The van der Waals surface area contributed by atoms with E-state index in [9.17, 15) is 4.79 Å². The largest absolute Gasteiger partial charge is 0.493 e. The lowest BCUT2D eigenvalue weighted by Crippen LogP contribution is -2.33. The Morgan fingerprint density at radius 1 is 0.973 bits per heavy atom. The number of nitrogen functional groups attached to an aromatic ring is 1. The summed E-state index contributed by atoms with van der Waals surface area (Å²) in [5, 5.41) is 0.346. The predicted octanol–water partition coefficient (Wildman–Crippen LogP) is 3.58. The lowest BCUT2D eigenvalue weighted by molar-refractivity contribution is -0.141. The van der Waals surface area contributed by atoms with Crippen LogP contribution in [0, 0.1) is 11.8 Å². The molecular weight excluding hydrogens is 498 g/mol. The van der Waals surface area contributed by atoms with Crippen LogP contribution < -0.4 is 29.4 Å². The molecule has 2 N–H and O–H groups in total. The molecule has 6 rings (SSSR count). The minimum absolute atomic E-state index is 0.137. The van der Waals surface area contributed by atoms with E-state index in [0.717, 1.165) is 16.7 Å². The van der Waals surface area contributed by atoms with E-state index < -0.39 is 5.92 Å². The van der Waals surface area contributed by atoms with Crippen LogP contribution in [0.25, 0.3) is 0 Å². The minimum Gasteiger partial charge on any atom is -0.493 e. The molecule has 1 saturated heterocycles. The summed E-state index contributed by atoms with van der Waals surface area (Å²) in [4.78, 5) is 22.1. The Balaban J connectivity index is 1.55. The molecule has 0 bridgehead atoms. The summed E-state index contributed by atoms with van der Waals surface area (Å²) in [6.07, 6.45) is 1.63. The zero-order chi connectivity index (χ0) is 25.7. The molecule has 0 radical (unpaired) electrons. The molecule has 1 aliphatic carbocycles. The highest BCUT2D eigenvalue weighted by molar-refractivity contribution is 7.99. The standard InChI is InChI=1S/C26H25N3O7S/c1-31-18-6-12(7-19(32-2)23(18)33-3)21-13-8-16-17(36-11-35-16)9-14(13)24(15-10-34-25(30)22(15)21)37-26-28-5-4-20(27)29-26/h4-9,15,21-22,24H,10-11H2,1-3H3,(H2,27,28,29)/t15-,21+,22-,24+/m0/s1. The molecule has 0 unspecified atom stereocenters. The number of methoxy groups -OCH3 is 3. The highest BCUT2D eigenvalue weighted by Crippen LogP contribution is 2.59. The Hall–Kier alpha value is -3.86. The van der Waals surface area contributed by atoms with Crippen molar-refractivity contribution in [2.45, 2.75) is 16.3 Å². The van der Waals surface area contributed by atoms with Crippen molar-refractivity contribution < 1.29 is 33.2 Å². The molecule has 192 valence electrons. The number of thioether (sulfide) groups is 1. The molecule has 10 nitrogen and oxygen atoms in total. The number of benzene rings is 2. The van der Waals surface area contributed by atoms with Crippen LogP contribution in [0.1, 0.15) is 27.9 Å². The van der Waals surface area contributed by atoms with Crippen LogP contribution in [0.2, 0.25) is 0 Å². The first-order chi connectivity index (χ1) is 18.0. The number of fused-ring (bicyclic) bond motifs is 3. The quantitative estimate of drug-likeness (QED) is 0.376. The van der Waals surface area contributed by atoms with Crippen molar-refractivity contribution in [1.29, 1.82) is 0 Å². The van der Waals surface area contributed by atoms with Crippen LogP contribution in [0.5, 0.6) is 28.7 Å². The normalized spacial score (nSPS) is 23.2. The van der Waals surface area contributed by atoms with Crippen molar-refractivity contribution in [3.63, 3.8) is 0 Å². The number of anilines is 1. The van der Waals surface area contributed by atoms with Gasteiger partial charge < -0.3 is 34.2 Å². The Morgan fingerprint density at radius 2 is 1.68 bits per heavy atom. The average Bonchev–Trinajstić information content (AvgIpc) is 3.53. The molecule has 1 aromatic heterocycles. The summed E-state index contributed by atoms with van der Waals surface area (Å²) >= 11 is 1.46. The van der Waals surface area contributed by atoms with Crippen LogP contribution in [0.3, 0.4) is 0 Å². The third kappa shape index (κ3) is 3.85. The second kappa shape index (κ2) is 9.22. The number of esters is 1. The van der Waals surface area contributed by atoms with E-state index in [4.69, 9.17) is 34.2 Å². The fourth-order valence-corrected chi connectivity index (χ4v) is 6.73. The van der Waals surface area contributed by atoms with E-state index >= 15 is 0 Å². The van der Waals surface area contributed by atoms with Crippen molar-refractivity contribution in [2.24, 2.45) is 11.8 Å². The van der Waals surface area contributed by atoms with Crippen LogP contribution in [-0.4, -0.2) is 50.7 Å². The number of carbonyl (C=O) groups is 1. The molecule has 11 heteroatoms. The second-order valence-electron chi connectivity index (χ2n) is 8.89. The minimum atomic E-state index is -0.464. The third-order valence-corrected chi connectivity index (χ3v) is 8.32. The average molecular weight is 524 g/mol. The monoisotopic (exact) mass is 523 g/mol. The summed E-state index contributed by atoms with van der Waals surface area (Å²) in [6.45, 7) is 0.413. The van der Waals surface area contributed by atoms with E-state index in [1.54, 1.807) is 33.6 Å². The van der Waals surface area contributed by atoms with Gasteiger partial charge in [-0.25, -0.2) is 9.97 Å². The molecule has 2 aromatic carbocycles. The number of nitrogens with zero attached hydrogens (tertiary/aromatic N) is 2. The smallest absolute Gasteiger partial charge is 0.310 e. The summed E-state index contributed by atoms with van der Waals surface area (Å²) in [5.41, 5.74) is 8.69. The number of carbonyl (C=O) groups excluding carboxylic acids is 1. The Bertz CT molecular complexity index is 1360. The molecular formula is C26H25N3O7S. The summed E-state index contributed by atoms with van der Waals surface area (Å²) in [7, 11) is 4.69. The van der Waals surface area contributed by atoms with Crippen molar-refractivity contribution in [3.8, 4) is 28.7 Å². The second-order valence-corrected chi connectivity index (χ2v) is 10.0. The van der Waals surface area contributed by atoms with Gasteiger partial charge in [0, 0.05) is 23.3 Å². The third-order valence-electron chi connectivity index (χ3n) is 7.05. The molecule has 4 atom stereocenters. The molecule has 37 heavy (non-hydrogen) atoms. The molecule has 2 aliphatic heterocycles. The maximum Gasteiger partial charge on any atom is 0.310 e. The van der Waals surface area contributed by atoms with E-state index in [0.29, 0.717) is 39.7 Å². The fourth-order valence-electron chi connectivity index (χ4n) is 5.47. The molecule has 3 aliphatic rings. The van der Waals surface area contributed by atoms with E-state index in [2.05, 4.69) is 9.97 Å². The zero-order valence-electron chi connectivity index (χ0n) is 20.4. The predicted molar refractivity (Wildman–Crippen MR) is 133 cm³/mol. The lowest BCUT2D eigenvalue weighted by atomic mass is 9.67. The maximum atomic E-state index is 13.3. The molecule has 0 amide bonds.